The quantitative estimate of drug-likeness (QED) is 0.360. The van der Waals surface area contributed by atoms with Crippen LogP contribution in [0.15, 0.2) is 12.1 Å². The lowest BCUT2D eigenvalue weighted by Gasteiger charge is -2.45. The number of hydrogen-bond acceptors (Lipinski definition) is 7. The number of hydrogen-bond donors (Lipinski definition) is 1. The Bertz CT molecular complexity index is 1650. The maximum atomic E-state index is 15.7. The van der Waals surface area contributed by atoms with Gasteiger partial charge in [-0.05, 0) is 44.7 Å². The molecule has 7 rings (SSSR count). The molecule has 0 unspecified atom stereocenters. The summed E-state index contributed by atoms with van der Waals surface area (Å²) in [5.41, 5.74) is 6.74. The van der Waals surface area contributed by atoms with E-state index in [4.69, 9.17) is 14.7 Å². The molecule has 1 aromatic carbocycles. The summed E-state index contributed by atoms with van der Waals surface area (Å²) in [6.07, 6.45) is 3.84. The third-order valence-corrected chi connectivity index (χ3v) is 9.34. The molecule has 41 heavy (non-hydrogen) atoms. The highest BCUT2D eigenvalue weighted by Crippen LogP contribution is 2.44. The van der Waals surface area contributed by atoms with Crippen LogP contribution in [0.2, 0.25) is 0 Å². The molecule has 10 heteroatoms. The van der Waals surface area contributed by atoms with Gasteiger partial charge in [0.25, 0.3) is 0 Å². The van der Waals surface area contributed by atoms with Crippen LogP contribution >= 0.6 is 0 Å². The highest BCUT2D eigenvalue weighted by atomic mass is 19.1. The molecule has 1 saturated carbocycles. The summed E-state index contributed by atoms with van der Waals surface area (Å²) in [6.45, 7) is 11.6. The number of methoxy groups -OCH3 is 1. The molecule has 216 valence electrons. The number of benzene rings is 1. The average molecular weight is 559 g/mol. The van der Waals surface area contributed by atoms with Crippen LogP contribution in [0.5, 0.6) is 0 Å². The van der Waals surface area contributed by atoms with Gasteiger partial charge in [0.15, 0.2) is 17.5 Å². The molecule has 3 aromatic heterocycles. The lowest BCUT2D eigenvalue weighted by Crippen LogP contribution is -2.50. The van der Waals surface area contributed by atoms with Crippen molar-refractivity contribution in [1.29, 1.82) is 0 Å². The Morgan fingerprint density at radius 3 is 2.61 bits per heavy atom. The van der Waals surface area contributed by atoms with Crippen LogP contribution in [-0.4, -0.2) is 62.8 Å². The van der Waals surface area contributed by atoms with Crippen molar-refractivity contribution in [1.82, 2.24) is 29.9 Å². The smallest absolute Gasteiger partial charge is 0.188 e. The van der Waals surface area contributed by atoms with E-state index in [1.165, 1.54) is 0 Å². The first kappa shape index (κ1) is 26.4. The molecular weight excluding hydrogens is 519 g/mol. The van der Waals surface area contributed by atoms with Gasteiger partial charge < -0.3 is 14.5 Å². The molecule has 0 bridgehead atoms. The number of anilines is 2. The summed E-state index contributed by atoms with van der Waals surface area (Å²) in [7, 11) is 3.66. The van der Waals surface area contributed by atoms with Crippen molar-refractivity contribution in [3.05, 3.63) is 46.2 Å². The van der Waals surface area contributed by atoms with Crippen LogP contribution < -0.4 is 9.80 Å². The molecule has 1 saturated heterocycles. The Balaban J connectivity index is 1.36. The van der Waals surface area contributed by atoms with Gasteiger partial charge in [0, 0.05) is 80.3 Å². The number of ether oxygens (including phenoxy) is 1. The minimum Gasteiger partial charge on any atom is -0.381 e. The van der Waals surface area contributed by atoms with E-state index >= 15 is 4.39 Å². The lowest BCUT2D eigenvalue weighted by atomic mass is 9.81. The zero-order chi connectivity index (χ0) is 28.6. The Morgan fingerprint density at radius 2 is 1.88 bits per heavy atom. The number of nitrogens with one attached hydrogen (secondary N) is 1. The molecule has 9 nitrogen and oxygen atoms in total. The lowest BCUT2D eigenvalue weighted by molar-refractivity contribution is -0.00647. The molecule has 0 spiro atoms. The fourth-order valence-corrected chi connectivity index (χ4v) is 7.03. The van der Waals surface area contributed by atoms with Crippen LogP contribution in [0, 0.1) is 25.1 Å². The van der Waals surface area contributed by atoms with Crippen molar-refractivity contribution in [3.8, 4) is 11.4 Å². The van der Waals surface area contributed by atoms with E-state index in [9.17, 15) is 0 Å². The molecular formula is C31H39FN8O. The Morgan fingerprint density at radius 1 is 1.07 bits per heavy atom. The van der Waals surface area contributed by atoms with Gasteiger partial charge >= 0.3 is 0 Å². The fourth-order valence-electron chi connectivity index (χ4n) is 7.03. The fraction of sp³-hybridized carbons (Fsp3) is 0.548. The van der Waals surface area contributed by atoms with E-state index in [0.717, 1.165) is 83.0 Å². The topological polar surface area (TPSA) is 88.0 Å². The third kappa shape index (κ3) is 4.29. The van der Waals surface area contributed by atoms with Gasteiger partial charge in [-0.3, -0.25) is 5.10 Å². The van der Waals surface area contributed by atoms with E-state index < -0.39 is 0 Å². The highest BCUT2D eigenvalue weighted by molar-refractivity contribution is 5.96. The Hall–Kier alpha value is -3.53. The van der Waals surface area contributed by atoms with E-state index in [2.05, 4.69) is 51.9 Å². The first-order chi connectivity index (χ1) is 19.7. The predicted octanol–water partition coefficient (Wildman–Crippen LogP) is 5.20. The number of nitrogens with zero attached hydrogens (tertiary/aromatic N) is 7. The molecule has 5 heterocycles. The van der Waals surface area contributed by atoms with Gasteiger partial charge in [0.05, 0.1) is 17.3 Å². The van der Waals surface area contributed by atoms with Crippen LogP contribution in [-0.2, 0) is 24.8 Å². The van der Waals surface area contributed by atoms with E-state index in [1.807, 2.05) is 20.0 Å². The Labute approximate surface area is 240 Å². The number of H-pyrrole nitrogens is 1. The number of aryl methyl sites for hydroxylation is 3. The van der Waals surface area contributed by atoms with Crippen molar-refractivity contribution >= 4 is 22.5 Å². The summed E-state index contributed by atoms with van der Waals surface area (Å²) < 4.78 is 23.3. The largest absolute Gasteiger partial charge is 0.381 e. The second kappa shape index (κ2) is 9.51. The molecule has 2 fully saturated rings. The second-order valence-electron chi connectivity index (χ2n) is 12.8. The van der Waals surface area contributed by atoms with Crippen LogP contribution in [0.1, 0.15) is 67.2 Å². The maximum Gasteiger partial charge on any atom is 0.188 e. The normalized spacial score (nSPS) is 20.6. The number of halogens is 1. The molecule has 1 N–H and O–H groups in total. The van der Waals surface area contributed by atoms with Gasteiger partial charge in [-0.1, -0.05) is 19.9 Å². The van der Waals surface area contributed by atoms with E-state index in [-0.39, 0.29) is 23.3 Å². The van der Waals surface area contributed by atoms with E-state index in [0.29, 0.717) is 31.0 Å². The summed E-state index contributed by atoms with van der Waals surface area (Å²) in [4.78, 5) is 15.1. The number of aromatic nitrogens is 6. The van der Waals surface area contributed by atoms with Crippen LogP contribution in [0.4, 0.5) is 16.0 Å². The number of piperidine rings is 1. The van der Waals surface area contributed by atoms with Crippen LogP contribution in [0.3, 0.4) is 0 Å². The van der Waals surface area contributed by atoms with Gasteiger partial charge in [-0.2, -0.15) is 10.2 Å². The summed E-state index contributed by atoms with van der Waals surface area (Å²) in [5, 5.41) is 13.3. The standard InChI is InChI=1S/C31H39FN8O/c1-17-7-10-22-25(18(2)35-36-22)24(17)28-33-21-11-13-39(30-26(32)27(19-8-9-19)37-38(30)5)15-20(21)29(34-28)40-14-12-23(41-6)31(3,4)16-40/h7,10,19,23H,8-9,11-16H2,1-6H3,(H,35,36)/t23-/m1/s1. The number of fused-ring (bicyclic) bond motifs is 2. The molecule has 2 aliphatic heterocycles. The van der Waals surface area contributed by atoms with Crippen molar-refractivity contribution in [3.63, 3.8) is 0 Å². The SMILES string of the molecule is CO[C@@H]1CCN(c2nc(-c3c(C)ccc4n[nH]c(C)c34)nc3c2CN(c2c(F)c(C4CC4)nn2C)CC3)CC1(C)C. The molecule has 0 radical (unpaired) electrons. The van der Waals surface area contributed by atoms with Crippen molar-refractivity contribution < 1.29 is 9.13 Å². The van der Waals surface area contributed by atoms with Gasteiger partial charge in [-0.15, -0.1) is 0 Å². The highest BCUT2D eigenvalue weighted by Gasteiger charge is 2.39. The maximum absolute atomic E-state index is 15.7. The Kier molecular flexibility index (Phi) is 6.12. The first-order valence-corrected chi connectivity index (χ1v) is 14.8. The number of aromatic amines is 1. The molecule has 1 aliphatic carbocycles. The van der Waals surface area contributed by atoms with E-state index in [1.54, 1.807) is 11.8 Å². The third-order valence-electron chi connectivity index (χ3n) is 9.34. The van der Waals surface area contributed by atoms with Crippen LogP contribution in [0.25, 0.3) is 22.3 Å². The van der Waals surface area contributed by atoms with Gasteiger partial charge in [0.2, 0.25) is 0 Å². The molecule has 0 amide bonds. The number of rotatable bonds is 5. The summed E-state index contributed by atoms with van der Waals surface area (Å²) >= 11 is 0. The van der Waals surface area contributed by atoms with Gasteiger partial charge in [-0.25, -0.2) is 19.0 Å². The molecule has 3 aliphatic rings. The average Bonchev–Trinajstić information content (AvgIpc) is 3.66. The van der Waals surface area contributed by atoms with Crippen molar-refractivity contribution in [2.24, 2.45) is 12.5 Å². The van der Waals surface area contributed by atoms with Crippen molar-refractivity contribution in [2.75, 3.05) is 36.5 Å². The zero-order valence-electron chi connectivity index (χ0n) is 24.9. The summed E-state index contributed by atoms with van der Waals surface area (Å²) in [5.74, 6) is 2.34. The monoisotopic (exact) mass is 558 g/mol. The first-order valence-electron chi connectivity index (χ1n) is 14.8. The second-order valence-corrected chi connectivity index (χ2v) is 12.8. The molecule has 4 aromatic rings. The zero-order valence-corrected chi connectivity index (χ0v) is 24.9. The minimum atomic E-state index is -0.169. The summed E-state index contributed by atoms with van der Waals surface area (Å²) in [6, 6.07) is 4.14. The van der Waals surface area contributed by atoms with Crippen molar-refractivity contribution in [2.45, 2.75) is 71.9 Å². The molecule has 1 atom stereocenters. The minimum absolute atomic E-state index is 0.0518. The van der Waals surface area contributed by atoms with Gasteiger partial charge in [0.1, 0.15) is 11.5 Å². The predicted molar refractivity (Wildman–Crippen MR) is 158 cm³/mol.